The molecule has 1 atom stereocenters. The first-order chi connectivity index (χ1) is 12.4. The number of nitrogens with zero attached hydrogens (tertiary/aromatic N) is 1. The molecule has 26 heavy (non-hydrogen) atoms. The van der Waals surface area contributed by atoms with Crippen LogP contribution in [-0.2, 0) is 0 Å². The molecule has 1 aliphatic rings. The third kappa shape index (κ3) is 3.75. The van der Waals surface area contributed by atoms with Crippen LogP contribution < -0.4 is 0 Å². The SMILES string of the molecule is O=C(c1cc(F)ccc1F)[C@@H]1CCCN(C(=O)c2ccc(F)cc2Cl)C1. The highest BCUT2D eigenvalue weighted by atomic mass is 35.5. The minimum absolute atomic E-state index is 0.0142. The Balaban J connectivity index is 1.79. The molecule has 0 aliphatic carbocycles. The number of hydrogen-bond donors (Lipinski definition) is 0. The predicted molar refractivity (Wildman–Crippen MR) is 90.7 cm³/mol. The van der Waals surface area contributed by atoms with Crippen molar-refractivity contribution in [2.75, 3.05) is 13.1 Å². The molecule has 1 aliphatic heterocycles. The first kappa shape index (κ1) is 18.5. The second-order valence-electron chi connectivity index (χ2n) is 6.20. The molecule has 0 unspecified atom stereocenters. The van der Waals surface area contributed by atoms with E-state index in [-0.39, 0.29) is 22.7 Å². The molecule has 1 amide bonds. The Bertz CT molecular complexity index is 872. The highest BCUT2D eigenvalue weighted by Gasteiger charge is 2.31. The molecule has 1 fully saturated rings. The van der Waals surface area contributed by atoms with Gasteiger partial charge in [-0.05, 0) is 49.2 Å². The van der Waals surface area contributed by atoms with Crippen LogP contribution in [0.5, 0.6) is 0 Å². The molecule has 0 radical (unpaired) electrons. The maximum absolute atomic E-state index is 13.9. The van der Waals surface area contributed by atoms with Crippen LogP contribution in [0.15, 0.2) is 36.4 Å². The van der Waals surface area contributed by atoms with E-state index in [9.17, 15) is 22.8 Å². The summed E-state index contributed by atoms with van der Waals surface area (Å²) in [6.45, 7) is 0.475. The van der Waals surface area contributed by atoms with Crippen LogP contribution in [0.3, 0.4) is 0 Å². The van der Waals surface area contributed by atoms with E-state index in [2.05, 4.69) is 0 Å². The summed E-state index contributed by atoms with van der Waals surface area (Å²) in [6.07, 6.45) is 1.01. The molecule has 136 valence electrons. The Labute approximate surface area is 153 Å². The molecule has 1 heterocycles. The number of carbonyl (C=O) groups is 2. The van der Waals surface area contributed by atoms with E-state index in [1.165, 1.54) is 11.0 Å². The van der Waals surface area contributed by atoms with E-state index in [1.54, 1.807) is 0 Å². The number of rotatable bonds is 3. The maximum Gasteiger partial charge on any atom is 0.255 e. The van der Waals surface area contributed by atoms with Crippen molar-refractivity contribution < 1.29 is 22.8 Å². The van der Waals surface area contributed by atoms with Gasteiger partial charge in [-0.2, -0.15) is 0 Å². The van der Waals surface area contributed by atoms with Gasteiger partial charge in [-0.3, -0.25) is 9.59 Å². The average molecular weight is 382 g/mol. The molecule has 0 N–H and O–H groups in total. The van der Waals surface area contributed by atoms with Gasteiger partial charge in [0.1, 0.15) is 17.5 Å². The van der Waals surface area contributed by atoms with Gasteiger partial charge < -0.3 is 4.90 Å². The standard InChI is InChI=1S/C19H15ClF3NO2/c20-16-9-13(22)3-5-14(16)19(26)24-7-1-2-11(10-24)18(25)15-8-12(21)4-6-17(15)23/h3-6,8-9,11H,1-2,7,10H2/t11-/m1/s1. The van der Waals surface area contributed by atoms with E-state index in [4.69, 9.17) is 11.6 Å². The van der Waals surface area contributed by atoms with E-state index in [0.717, 1.165) is 30.3 Å². The van der Waals surface area contributed by atoms with Crippen LogP contribution in [0.25, 0.3) is 0 Å². The predicted octanol–water partition coefficient (Wildman–Crippen LogP) is 4.49. The monoisotopic (exact) mass is 381 g/mol. The van der Waals surface area contributed by atoms with Gasteiger partial charge in [0.05, 0.1) is 16.1 Å². The Morgan fingerprint density at radius 3 is 2.42 bits per heavy atom. The summed E-state index contributed by atoms with van der Waals surface area (Å²) in [5.74, 6) is -3.64. The quantitative estimate of drug-likeness (QED) is 0.734. The summed E-state index contributed by atoms with van der Waals surface area (Å²) >= 11 is 5.93. The van der Waals surface area contributed by atoms with E-state index < -0.39 is 35.1 Å². The van der Waals surface area contributed by atoms with Crippen LogP contribution in [0, 0.1) is 23.4 Å². The fourth-order valence-electron chi connectivity index (χ4n) is 3.12. The van der Waals surface area contributed by atoms with Crippen molar-refractivity contribution in [2.24, 2.45) is 5.92 Å². The molecule has 3 nitrogen and oxygen atoms in total. The molecule has 2 aromatic carbocycles. The van der Waals surface area contributed by atoms with Gasteiger partial charge in [0, 0.05) is 19.0 Å². The molecule has 7 heteroatoms. The Hall–Kier alpha value is -2.34. The molecule has 2 aromatic rings. The van der Waals surface area contributed by atoms with Gasteiger partial charge in [-0.15, -0.1) is 0 Å². The summed E-state index contributed by atoms with van der Waals surface area (Å²) < 4.78 is 40.4. The third-order valence-corrected chi connectivity index (χ3v) is 4.75. The lowest BCUT2D eigenvalue weighted by molar-refractivity contribution is 0.0636. The van der Waals surface area contributed by atoms with Crippen molar-refractivity contribution in [1.82, 2.24) is 4.90 Å². The number of ketones is 1. The van der Waals surface area contributed by atoms with E-state index in [0.29, 0.717) is 19.4 Å². The zero-order valence-corrected chi connectivity index (χ0v) is 14.4. The van der Waals surface area contributed by atoms with Crippen LogP contribution in [0.2, 0.25) is 5.02 Å². The van der Waals surface area contributed by atoms with Gasteiger partial charge in [-0.25, -0.2) is 13.2 Å². The van der Waals surface area contributed by atoms with Gasteiger partial charge in [0.2, 0.25) is 0 Å². The molecule has 1 saturated heterocycles. The second-order valence-corrected chi connectivity index (χ2v) is 6.61. The Kier molecular flexibility index (Phi) is 5.32. The number of likely N-dealkylation sites (tertiary alicyclic amines) is 1. The maximum atomic E-state index is 13.9. The van der Waals surface area contributed by atoms with Crippen molar-refractivity contribution in [2.45, 2.75) is 12.8 Å². The lowest BCUT2D eigenvalue weighted by atomic mass is 9.89. The number of amides is 1. The van der Waals surface area contributed by atoms with Crippen molar-refractivity contribution in [3.05, 3.63) is 70.0 Å². The van der Waals surface area contributed by atoms with E-state index in [1.807, 2.05) is 0 Å². The molecule has 0 saturated carbocycles. The summed E-state index contributed by atoms with van der Waals surface area (Å²) in [4.78, 5) is 26.6. The topological polar surface area (TPSA) is 37.4 Å². The van der Waals surface area contributed by atoms with Gasteiger partial charge in [0.25, 0.3) is 5.91 Å². The van der Waals surface area contributed by atoms with Gasteiger partial charge >= 0.3 is 0 Å². The molecule has 0 bridgehead atoms. The smallest absolute Gasteiger partial charge is 0.255 e. The van der Waals surface area contributed by atoms with E-state index >= 15 is 0 Å². The second kappa shape index (κ2) is 7.50. The first-order valence-corrected chi connectivity index (χ1v) is 8.48. The Morgan fingerprint density at radius 2 is 1.69 bits per heavy atom. The summed E-state index contributed by atoms with van der Waals surface area (Å²) in [5, 5.41) is -0.0142. The zero-order chi connectivity index (χ0) is 18.8. The minimum Gasteiger partial charge on any atom is -0.338 e. The van der Waals surface area contributed by atoms with Crippen molar-refractivity contribution in [3.63, 3.8) is 0 Å². The van der Waals surface area contributed by atoms with Crippen LogP contribution in [-0.4, -0.2) is 29.7 Å². The number of benzene rings is 2. The fourth-order valence-corrected chi connectivity index (χ4v) is 3.36. The normalized spacial score (nSPS) is 17.2. The number of Topliss-reactive ketones (excluding diaryl/α,β-unsaturated/α-hetero) is 1. The minimum atomic E-state index is -0.790. The number of hydrogen-bond acceptors (Lipinski definition) is 2. The summed E-state index contributed by atoms with van der Waals surface area (Å²) in [7, 11) is 0. The lowest BCUT2D eigenvalue weighted by Crippen LogP contribution is -2.42. The van der Waals surface area contributed by atoms with Gasteiger partial charge in [0.15, 0.2) is 5.78 Å². The molecule has 3 rings (SSSR count). The first-order valence-electron chi connectivity index (χ1n) is 8.10. The molecule has 0 aromatic heterocycles. The largest absolute Gasteiger partial charge is 0.338 e. The number of piperidine rings is 1. The van der Waals surface area contributed by atoms with Crippen LogP contribution >= 0.6 is 11.6 Å². The highest BCUT2D eigenvalue weighted by Crippen LogP contribution is 2.26. The van der Waals surface area contributed by atoms with Crippen molar-refractivity contribution in [1.29, 1.82) is 0 Å². The molecular weight excluding hydrogens is 367 g/mol. The average Bonchev–Trinajstić information content (AvgIpc) is 2.63. The number of carbonyl (C=O) groups excluding carboxylic acids is 2. The summed E-state index contributed by atoms with van der Waals surface area (Å²) in [6, 6.07) is 6.19. The zero-order valence-electron chi connectivity index (χ0n) is 13.6. The van der Waals surface area contributed by atoms with Crippen LogP contribution in [0.1, 0.15) is 33.6 Å². The van der Waals surface area contributed by atoms with Crippen molar-refractivity contribution >= 4 is 23.3 Å². The molecule has 0 spiro atoms. The van der Waals surface area contributed by atoms with Crippen LogP contribution in [0.4, 0.5) is 13.2 Å². The highest BCUT2D eigenvalue weighted by molar-refractivity contribution is 6.33. The Morgan fingerprint density at radius 1 is 1.00 bits per heavy atom. The number of halogens is 4. The summed E-state index contributed by atoms with van der Waals surface area (Å²) in [5.41, 5.74) is -0.179. The fraction of sp³-hybridized carbons (Fsp3) is 0.263. The van der Waals surface area contributed by atoms with Crippen molar-refractivity contribution in [3.8, 4) is 0 Å². The molecular formula is C19H15ClF3NO2. The third-order valence-electron chi connectivity index (χ3n) is 4.43. The van der Waals surface area contributed by atoms with Gasteiger partial charge in [-0.1, -0.05) is 11.6 Å². The lowest BCUT2D eigenvalue weighted by Gasteiger charge is -2.32.